The molecule has 25 heavy (non-hydrogen) atoms. The molecule has 2 aromatic rings. The quantitative estimate of drug-likeness (QED) is 0.797. The summed E-state index contributed by atoms with van der Waals surface area (Å²) < 4.78 is 17.2. The Morgan fingerprint density at radius 3 is 2.84 bits per heavy atom. The minimum atomic E-state index is -0.573. The second-order valence-corrected chi connectivity index (χ2v) is 6.78. The number of nitrogens with one attached hydrogen (secondary N) is 1. The molecule has 0 aromatic heterocycles. The van der Waals surface area contributed by atoms with Crippen LogP contribution in [-0.4, -0.2) is 25.3 Å². The Balaban J connectivity index is 1.48. The lowest BCUT2D eigenvalue weighted by Gasteiger charge is -2.16. The molecule has 0 fully saturated rings. The molecular weight excluding hydrogens is 386 g/mol. The maximum Gasteiger partial charge on any atom is 0.260 e. The fourth-order valence-corrected chi connectivity index (χ4v) is 3.10. The average Bonchev–Trinajstić information content (AvgIpc) is 3.05. The molecule has 2 aromatic carbocycles. The van der Waals surface area contributed by atoms with Gasteiger partial charge >= 0.3 is 0 Å². The number of hydrogen-bond acceptors (Lipinski definition) is 4. The number of benzene rings is 2. The molecule has 1 heterocycles. The van der Waals surface area contributed by atoms with Crippen molar-refractivity contribution in [1.29, 1.82) is 0 Å². The van der Waals surface area contributed by atoms with Crippen LogP contribution in [0.1, 0.15) is 18.1 Å². The molecule has 0 aliphatic carbocycles. The number of amides is 1. The smallest absolute Gasteiger partial charge is 0.260 e. The second kappa shape index (κ2) is 7.78. The van der Waals surface area contributed by atoms with Gasteiger partial charge in [0, 0.05) is 6.54 Å². The Hall–Kier alpha value is -2.21. The number of carbonyl (C=O) groups is 1. The van der Waals surface area contributed by atoms with Crippen molar-refractivity contribution >= 4 is 21.8 Å². The van der Waals surface area contributed by atoms with E-state index >= 15 is 0 Å². The zero-order valence-corrected chi connectivity index (χ0v) is 15.8. The molecule has 132 valence electrons. The van der Waals surface area contributed by atoms with Gasteiger partial charge in [0.1, 0.15) is 5.75 Å². The lowest BCUT2D eigenvalue weighted by Crippen LogP contribution is -2.37. The maximum absolute atomic E-state index is 12.2. The van der Waals surface area contributed by atoms with E-state index in [1.807, 2.05) is 43.3 Å². The van der Waals surface area contributed by atoms with Crippen LogP contribution in [0.3, 0.4) is 0 Å². The fourth-order valence-electron chi connectivity index (χ4n) is 2.52. The van der Waals surface area contributed by atoms with E-state index in [0.717, 1.165) is 27.1 Å². The van der Waals surface area contributed by atoms with Gasteiger partial charge in [0.15, 0.2) is 17.6 Å². The lowest BCUT2D eigenvalue weighted by molar-refractivity contribution is -0.127. The molecule has 1 aliphatic heterocycles. The number of aryl methyl sites for hydroxylation is 1. The van der Waals surface area contributed by atoms with Crippen LogP contribution >= 0.6 is 15.9 Å². The van der Waals surface area contributed by atoms with E-state index in [-0.39, 0.29) is 12.7 Å². The number of rotatable bonds is 6. The van der Waals surface area contributed by atoms with Gasteiger partial charge in [0.05, 0.1) is 4.47 Å². The van der Waals surface area contributed by atoms with Crippen LogP contribution in [0.4, 0.5) is 0 Å². The molecule has 6 heteroatoms. The third-order valence-corrected chi connectivity index (χ3v) is 4.53. The van der Waals surface area contributed by atoms with E-state index in [1.54, 1.807) is 6.92 Å². The Bertz CT molecular complexity index is 778. The van der Waals surface area contributed by atoms with Crippen LogP contribution < -0.4 is 19.5 Å². The van der Waals surface area contributed by atoms with E-state index in [9.17, 15) is 4.79 Å². The van der Waals surface area contributed by atoms with E-state index in [1.165, 1.54) is 0 Å². The molecular formula is C19H20BrNO4. The van der Waals surface area contributed by atoms with Crippen molar-refractivity contribution in [3.05, 3.63) is 52.0 Å². The molecule has 1 amide bonds. The van der Waals surface area contributed by atoms with Gasteiger partial charge in [-0.2, -0.15) is 0 Å². The summed E-state index contributed by atoms with van der Waals surface area (Å²) in [6.45, 7) is 4.53. The van der Waals surface area contributed by atoms with E-state index in [4.69, 9.17) is 14.2 Å². The van der Waals surface area contributed by atoms with E-state index in [2.05, 4.69) is 21.2 Å². The van der Waals surface area contributed by atoms with Crippen molar-refractivity contribution in [1.82, 2.24) is 5.32 Å². The molecule has 3 rings (SSSR count). The maximum atomic E-state index is 12.2. The number of carbonyl (C=O) groups excluding carboxylic acids is 1. The molecule has 5 nitrogen and oxygen atoms in total. The zero-order chi connectivity index (χ0) is 17.8. The molecule has 0 bridgehead atoms. The number of hydrogen-bond donors (Lipinski definition) is 1. The van der Waals surface area contributed by atoms with Crippen molar-refractivity contribution in [2.75, 3.05) is 13.3 Å². The summed E-state index contributed by atoms with van der Waals surface area (Å²) in [5, 5.41) is 2.90. The Labute approximate surface area is 155 Å². The first-order valence-corrected chi connectivity index (χ1v) is 8.91. The fraction of sp³-hybridized carbons (Fsp3) is 0.316. The van der Waals surface area contributed by atoms with E-state index in [0.29, 0.717) is 18.7 Å². The Morgan fingerprint density at radius 1 is 1.24 bits per heavy atom. The molecule has 1 N–H and O–H groups in total. The van der Waals surface area contributed by atoms with Gasteiger partial charge < -0.3 is 19.5 Å². The summed E-state index contributed by atoms with van der Waals surface area (Å²) in [5.41, 5.74) is 2.21. The Morgan fingerprint density at radius 2 is 2.04 bits per heavy atom. The van der Waals surface area contributed by atoms with Gasteiger partial charge in [-0.15, -0.1) is 0 Å². The van der Waals surface area contributed by atoms with Gasteiger partial charge in [0.2, 0.25) is 6.79 Å². The molecule has 0 saturated heterocycles. The molecule has 0 saturated carbocycles. The number of halogens is 1. The van der Waals surface area contributed by atoms with Gasteiger partial charge in [-0.3, -0.25) is 4.79 Å². The first-order valence-electron chi connectivity index (χ1n) is 8.12. The van der Waals surface area contributed by atoms with E-state index < -0.39 is 6.10 Å². The minimum Gasteiger partial charge on any atom is -0.480 e. The molecule has 1 unspecified atom stereocenters. The topological polar surface area (TPSA) is 56.8 Å². The molecule has 0 spiro atoms. The normalized spacial score (nSPS) is 13.4. The van der Waals surface area contributed by atoms with Crippen LogP contribution in [0.2, 0.25) is 0 Å². The second-order valence-electron chi connectivity index (χ2n) is 5.92. The van der Waals surface area contributed by atoms with Crippen LogP contribution in [0.25, 0.3) is 0 Å². The predicted octanol–water partition coefficient (Wildman–Crippen LogP) is 3.61. The third kappa shape index (κ3) is 4.45. The number of fused-ring (bicyclic) bond motifs is 1. The monoisotopic (exact) mass is 405 g/mol. The third-order valence-electron chi connectivity index (χ3n) is 3.91. The summed E-state index contributed by atoms with van der Waals surface area (Å²) in [6.07, 6.45) is 0.138. The van der Waals surface area contributed by atoms with Crippen molar-refractivity contribution in [3.8, 4) is 17.2 Å². The predicted molar refractivity (Wildman–Crippen MR) is 98.2 cm³/mol. The summed E-state index contributed by atoms with van der Waals surface area (Å²) in [7, 11) is 0. The highest BCUT2D eigenvalue weighted by Gasteiger charge is 2.16. The molecule has 1 atom stereocenters. The van der Waals surface area contributed by atoms with Gasteiger partial charge in [-0.1, -0.05) is 12.1 Å². The van der Waals surface area contributed by atoms with Crippen molar-refractivity contribution in [3.63, 3.8) is 0 Å². The SMILES string of the molecule is Cc1ccc(OC(C)C(=O)NCCc2ccc3c(c2)OCO3)c(Br)c1. The highest BCUT2D eigenvalue weighted by Crippen LogP contribution is 2.32. The van der Waals surface area contributed by atoms with Crippen LogP contribution in [0.15, 0.2) is 40.9 Å². The van der Waals surface area contributed by atoms with Crippen molar-refractivity contribution in [2.24, 2.45) is 0 Å². The largest absolute Gasteiger partial charge is 0.480 e. The highest BCUT2D eigenvalue weighted by atomic mass is 79.9. The highest BCUT2D eigenvalue weighted by molar-refractivity contribution is 9.10. The standard InChI is InChI=1S/C19H20BrNO4/c1-12-3-5-16(15(20)9-12)25-13(2)19(22)21-8-7-14-4-6-17-18(10-14)24-11-23-17/h3-6,9-10,13H,7-8,11H2,1-2H3,(H,21,22). The van der Waals surface area contributed by atoms with Crippen molar-refractivity contribution < 1.29 is 19.0 Å². The first-order chi connectivity index (χ1) is 12.0. The van der Waals surface area contributed by atoms with Gasteiger partial charge in [-0.05, 0) is 71.6 Å². The number of ether oxygens (including phenoxy) is 3. The summed E-state index contributed by atoms with van der Waals surface area (Å²) in [6, 6.07) is 11.6. The summed E-state index contributed by atoms with van der Waals surface area (Å²) in [5.74, 6) is 2.03. The van der Waals surface area contributed by atoms with Crippen LogP contribution in [0, 0.1) is 6.92 Å². The van der Waals surface area contributed by atoms with Crippen molar-refractivity contribution in [2.45, 2.75) is 26.4 Å². The van der Waals surface area contributed by atoms with Gasteiger partial charge in [-0.25, -0.2) is 0 Å². The van der Waals surface area contributed by atoms with Crippen LogP contribution in [-0.2, 0) is 11.2 Å². The Kier molecular flexibility index (Phi) is 5.48. The first kappa shape index (κ1) is 17.6. The summed E-state index contributed by atoms with van der Waals surface area (Å²) >= 11 is 3.45. The zero-order valence-electron chi connectivity index (χ0n) is 14.2. The molecule has 0 radical (unpaired) electrons. The van der Waals surface area contributed by atoms with Crippen LogP contribution in [0.5, 0.6) is 17.2 Å². The summed E-state index contributed by atoms with van der Waals surface area (Å²) in [4.78, 5) is 12.2. The minimum absolute atomic E-state index is 0.145. The van der Waals surface area contributed by atoms with Gasteiger partial charge in [0.25, 0.3) is 5.91 Å². The average molecular weight is 406 g/mol. The molecule has 1 aliphatic rings. The lowest BCUT2D eigenvalue weighted by atomic mass is 10.1.